The van der Waals surface area contributed by atoms with E-state index in [4.69, 9.17) is 0 Å². The van der Waals surface area contributed by atoms with Crippen molar-refractivity contribution >= 4 is 22.9 Å². The molecule has 4 nitrogen and oxygen atoms in total. The SMILES string of the molecule is O=C1CN(Cc2cc(CN3CCCCC3)cs2)CCN1c1ccccc1. The highest BCUT2D eigenvalue weighted by atomic mass is 32.1. The third-order valence-electron chi connectivity index (χ3n) is 5.31. The molecule has 26 heavy (non-hydrogen) atoms. The van der Waals surface area contributed by atoms with E-state index in [0.29, 0.717) is 6.54 Å². The first-order valence-electron chi connectivity index (χ1n) is 9.64. The zero-order valence-electron chi connectivity index (χ0n) is 15.3. The summed E-state index contributed by atoms with van der Waals surface area (Å²) in [5, 5.41) is 2.30. The lowest BCUT2D eigenvalue weighted by Crippen LogP contribution is -2.50. The number of piperazine rings is 1. The van der Waals surface area contributed by atoms with Crippen LogP contribution in [0.5, 0.6) is 0 Å². The molecule has 2 aliphatic rings. The smallest absolute Gasteiger partial charge is 0.241 e. The second kappa shape index (κ2) is 8.33. The number of rotatable bonds is 5. The third-order valence-corrected chi connectivity index (χ3v) is 6.28. The highest BCUT2D eigenvalue weighted by molar-refractivity contribution is 7.10. The van der Waals surface area contributed by atoms with Gasteiger partial charge in [-0.1, -0.05) is 24.6 Å². The summed E-state index contributed by atoms with van der Waals surface area (Å²) in [6.07, 6.45) is 4.06. The summed E-state index contributed by atoms with van der Waals surface area (Å²) in [5.74, 6) is 0.201. The van der Waals surface area contributed by atoms with Gasteiger partial charge in [0.1, 0.15) is 0 Å². The Labute approximate surface area is 160 Å². The number of piperidine rings is 1. The van der Waals surface area contributed by atoms with E-state index in [9.17, 15) is 4.79 Å². The van der Waals surface area contributed by atoms with Crippen molar-refractivity contribution in [2.45, 2.75) is 32.4 Å². The van der Waals surface area contributed by atoms with Crippen molar-refractivity contribution in [3.63, 3.8) is 0 Å². The van der Waals surface area contributed by atoms with E-state index >= 15 is 0 Å². The summed E-state index contributed by atoms with van der Waals surface area (Å²) in [7, 11) is 0. The van der Waals surface area contributed by atoms with Crippen molar-refractivity contribution < 1.29 is 4.79 Å². The molecule has 0 saturated carbocycles. The van der Waals surface area contributed by atoms with E-state index in [1.165, 1.54) is 42.8 Å². The molecule has 2 fully saturated rings. The van der Waals surface area contributed by atoms with E-state index < -0.39 is 0 Å². The van der Waals surface area contributed by atoms with Crippen LogP contribution in [0.25, 0.3) is 0 Å². The minimum absolute atomic E-state index is 0.201. The van der Waals surface area contributed by atoms with Crippen LogP contribution in [-0.4, -0.2) is 48.4 Å². The van der Waals surface area contributed by atoms with E-state index in [0.717, 1.165) is 31.9 Å². The largest absolute Gasteiger partial charge is 0.310 e. The van der Waals surface area contributed by atoms with Gasteiger partial charge in [0.25, 0.3) is 0 Å². The fourth-order valence-electron chi connectivity index (χ4n) is 3.93. The van der Waals surface area contributed by atoms with E-state index in [-0.39, 0.29) is 5.91 Å². The number of nitrogens with zero attached hydrogens (tertiary/aromatic N) is 3. The van der Waals surface area contributed by atoms with E-state index in [1.807, 2.05) is 46.6 Å². The van der Waals surface area contributed by atoms with Gasteiger partial charge in [-0.3, -0.25) is 14.6 Å². The summed E-state index contributed by atoms with van der Waals surface area (Å²) in [6.45, 7) is 6.65. The molecule has 2 saturated heterocycles. The summed E-state index contributed by atoms with van der Waals surface area (Å²) < 4.78 is 0. The van der Waals surface area contributed by atoms with Crippen LogP contribution >= 0.6 is 11.3 Å². The first-order valence-corrected chi connectivity index (χ1v) is 10.5. The van der Waals surface area contributed by atoms with Crippen molar-refractivity contribution in [1.29, 1.82) is 0 Å². The molecule has 0 aliphatic carbocycles. The number of benzene rings is 1. The minimum atomic E-state index is 0.201. The zero-order chi connectivity index (χ0) is 17.8. The molecule has 0 unspecified atom stereocenters. The van der Waals surface area contributed by atoms with Crippen LogP contribution < -0.4 is 4.90 Å². The van der Waals surface area contributed by atoms with Gasteiger partial charge >= 0.3 is 0 Å². The number of carbonyl (C=O) groups excluding carboxylic acids is 1. The molecule has 1 aromatic carbocycles. The Morgan fingerprint density at radius 1 is 0.885 bits per heavy atom. The van der Waals surface area contributed by atoms with Gasteiger partial charge in [-0.15, -0.1) is 11.3 Å². The third kappa shape index (κ3) is 4.34. The molecule has 0 radical (unpaired) electrons. The van der Waals surface area contributed by atoms with Crippen LogP contribution in [0.15, 0.2) is 41.8 Å². The van der Waals surface area contributed by atoms with Crippen LogP contribution in [0.1, 0.15) is 29.7 Å². The highest BCUT2D eigenvalue weighted by Crippen LogP contribution is 2.22. The van der Waals surface area contributed by atoms with E-state index in [1.54, 1.807) is 0 Å². The summed E-state index contributed by atoms with van der Waals surface area (Å²) in [4.78, 5) is 20.7. The van der Waals surface area contributed by atoms with Crippen LogP contribution in [0.4, 0.5) is 5.69 Å². The number of anilines is 1. The lowest BCUT2D eigenvalue weighted by Gasteiger charge is -2.34. The maximum atomic E-state index is 12.5. The van der Waals surface area contributed by atoms with Gasteiger partial charge < -0.3 is 4.90 Å². The van der Waals surface area contributed by atoms with Gasteiger partial charge in [0, 0.05) is 36.7 Å². The Bertz CT molecular complexity index is 724. The van der Waals surface area contributed by atoms with Crippen LogP contribution in [-0.2, 0) is 17.9 Å². The van der Waals surface area contributed by atoms with Crippen molar-refractivity contribution in [2.24, 2.45) is 0 Å². The monoisotopic (exact) mass is 369 g/mol. The average Bonchev–Trinajstić information content (AvgIpc) is 3.10. The Balaban J connectivity index is 1.31. The number of thiophene rings is 1. The van der Waals surface area contributed by atoms with Crippen molar-refractivity contribution in [3.8, 4) is 0 Å². The molecule has 0 spiro atoms. The normalized spacial score (nSPS) is 19.8. The highest BCUT2D eigenvalue weighted by Gasteiger charge is 2.25. The number of hydrogen-bond acceptors (Lipinski definition) is 4. The van der Waals surface area contributed by atoms with Gasteiger partial charge in [0.15, 0.2) is 0 Å². The molecule has 1 aromatic heterocycles. The maximum Gasteiger partial charge on any atom is 0.241 e. The molecule has 5 heteroatoms. The van der Waals surface area contributed by atoms with Crippen LogP contribution in [0.3, 0.4) is 0 Å². The van der Waals surface area contributed by atoms with Gasteiger partial charge in [-0.25, -0.2) is 0 Å². The number of hydrogen-bond donors (Lipinski definition) is 0. The number of likely N-dealkylation sites (tertiary alicyclic amines) is 1. The molecule has 3 heterocycles. The Hall–Kier alpha value is -1.69. The molecule has 0 atom stereocenters. The van der Waals surface area contributed by atoms with Gasteiger partial charge in [-0.2, -0.15) is 0 Å². The quantitative estimate of drug-likeness (QED) is 0.806. The van der Waals surface area contributed by atoms with Gasteiger partial charge in [-0.05, 0) is 55.1 Å². The molecule has 1 amide bonds. The Morgan fingerprint density at radius 2 is 1.69 bits per heavy atom. The summed E-state index contributed by atoms with van der Waals surface area (Å²) in [6, 6.07) is 12.3. The number of carbonyl (C=O) groups is 1. The van der Waals surface area contributed by atoms with Gasteiger partial charge in [0.05, 0.1) is 6.54 Å². The molecule has 0 bridgehead atoms. The fraction of sp³-hybridized carbons (Fsp3) is 0.476. The predicted octanol–water partition coefficient (Wildman–Crippen LogP) is 3.58. The summed E-state index contributed by atoms with van der Waals surface area (Å²) in [5.41, 5.74) is 2.44. The molecular formula is C21H27N3OS. The second-order valence-corrected chi connectivity index (χ2v) is 8.35. The maximum absolute atomic E-state index is 12.5. The van der Waals surface area contributed by atoms with Crippen molar-refractivity contribution in [3.05, 3.63) is 52.2 Å². The van der Waals surface area contributed by atoms with E-state index in [2.05, 4.69) is 21.2 Å². The number of para-hydroxylation sites is 1. The van der Waals surface area contributed by atoms with Crippen LogP contribution in [0.2, 0.25) is 0 Å². The van der Waals surface area contributed by atoms with Crippen LogP contribution in [0, 0.1) is 0 Å². The second-order valence-electron chi connectivity index (χ2n) is 7.35. The standard InChI is InChI=1S/C21H27N3OS/c25-21-16-23(11-12-24(21)19-7-3-1-4-8-19)15-20-13-18(17-26-20)14-22-9-5-2-6-10-22/h1,3-4,7-8,13,17H,2,5-6,9-12,14-16H2. The lowest BCUT2D eigenvalue weighted by atomic mass is 10.1. The fourth-order valence-corrected chi connectivity index (χ4v) is 4.85. The first kappa shape index (κ1) is 17.7. The molecule has 4 rings (SSSR count). The Morgan fingerprint density at radius 3 is 2.46 bits per heavy atom. The topological polar surface area (TPSA) is 26.8 Å². The Kier molecular flexibility index (Phi) is 5.68. The zero-order valence-corrected chi connectivity index (χ0v) is 16.1. The van der Waals surface area contributed by atoms with Crippen molar-refractivity contribution in [2.75, 3.05) is 37.6 Å². The molecular weight excluding hydrogens is 342 g/mol. The van der Waals surface area contributed by atoms with Gasteiger partial charge in [0.2, 0.25) is 5.91 Å². The lowest BCUT2D eigenvalue weighted by molar-refractivity contribution is -0.121. The number of amides is 1. The first-order chi connectivity index (χ1) is 12.8. The average molecular weight is 370 g/mol. The molecule has 0 N–H and O–H groups in total. The summed E-state index contributed by atoms with van der Waals surface area (Å²) >= 11 is 1.84. The molecule has 138 valence electrons. The van der Waals surface area contributed by atoms with Crippen molar-refractivity contribution in [1.82, 2.24) is 9.80 Å². The predicted molar refractivity (Wildman–Crippen MR) is 108 cm³/mol. The minimum Gasteiger partial charge on any atom is -0.310 e. The molecule has 2 aromatic rings. The molecule has 2 aliphatic heterocycles.